The molecule has 1 saturated heterocycles. The molecule has 0 saturated carbocycles. The van der Waals surface area contributed by atoms with Gasteiger partial charge in [0.15, 0.2) is 11.5 Å². The van der Waals surface area contributed by atoms with Crippen molar-refractivity contribution in [3.63, 3.8) is 0 Å². The number of anilines is 1. The maximum atomic E-state index is 11.7. The third-order valence-electron chi connectivity index (χ3n) is 4.19. The second kappa shape index (κ2) is 5.93. The number of rotatable bonds is 3. The average Bonchev–Trinajstić information content (AvgIpc) is 3.06. The van der Waals surface area contributed by atoms with Crippen molar-refractivity contribution < 1.29 is 9.53 Å². The fourth-order valence-electron chi connectivity index (χ4n) is 3.02. The van der Waals surface area contributed by atoms with Gasteiger partial charge in [0.25, 0.3) is 0 Å². The zero-order valence-corrected chi connectivity index (χ0v) is 13.1. The van der Waals surface area contributed by atoms with Crippen molar-refractivity contribution in [2.24, 2.45) is 5.73 Å². The fraction of sp³-hybridized carbons (Fsp3) is 0.235. The van der Waals surface area contributed by atoms with E-state index in [1.165, 1.54) is 0 Å². The highest BCUT2D eigenvalue weighted by Crippen LogP contribution is 2.27. The Labute approximate surface area is 138 Å². The molecule has 0 atom stereocenters. The molecule has 1 aliphatic rings. The minimum atomic E-state index is -0.456. The van der Waals surface area contributed by atoms with Gasteiger partial charge in [-0.3, -0.25) is 9.20 Å². The number of imidazole rings is 1. The first-order valence-corrected chi connectivity index (χ1v) is 7.79. The molecule has 1 fully saturated rings. The van der Waals surface area contributed by atoms with Crippen LogP contribution in [0.5, 0.6) is 0 Å². The number of benzene rings is 1. The molecule has 0 spiro atoms. The lowest BCUT2D eigenvalue weighted by Crippen LogP contribution is -2.37. The number of morpholine rings is 1. The highest BCUT2D eigenvalue weighted by Gasteiger charge is 2.19. The van der Waals surface area contributed by atoms with Crippen molar-refractivity contribution in [2.75, 3.05) is 31.2 Å². The van der Waals surface area contributed by atoms with Crippen LogP contribution >= 0.6 is 0 Å². The molecular formula is C17H17N5O2. The molecule has 2 aromatic heterocycles. The quantitative estimate of drug-likeness (QED) is 0.786. The summed E-state index contributed by atoms with van der Waals surface area (Å²) in [7, 11) is 0. The molecule has 4 rings (SSSR count). The first kappa shape index (κ1) is 14.6. The van der Waals surface area contributed by atoms with E-state index >= 15 is 0 Å². The van der Waals surface area contributed by atoms with Gasteiger partial charge >= 0.3 is 0 Å². The average molecular weight is 323 g/mol. The summed E-state index contributed by atoms with van der Waals surface area (Å²) in [6.45, 7) is 2.93. The third kappa shape index (κ3) is 2.39. The Morgan fingerprint density at radius 2 is 1.96 bits per heavy atom. The van der Waals surface area contributed by atoms with Gasteiger partial charge in [-0.1, -0.05) is 18.2 Å². The van der Waals surface area contributed by atoms with Crippen LogP contribution in [0, 0.1) is 0 Å². The van der Waals surface area contributed by atoms with Crippen molar-refractivity contribution in [1.82, 2.24) is 14.4 Å². The van der Waals surface area contributed by atoms with Crippen molar-refractivity contribution in [2.45, 2.75) is 0 Å². The Hall–Kier alpha value is -2.93. The summed E-state index contributed by atoms with van der Waals surface area (Å²) >= 11 is 0. The lowest BCUT2D eigenvalue weighted by Gasteiger charge is -2.27. The summed E-state index contributed by atoms with van der Waals surface area (Å²) in [5.41, 5.74) is 8.32. The molecule has 0 aliphatic carbocycles. The maximum Gasteiger partial charge on any atom is 0.249 e. The van der Waals surface area contributed by atoms with Crippen LogP contribution in [0.15, 0.2) is 42.9 Å². The Morgan fingerprint density at radius 3 is 2.75 bits per heavy atom. The Morgan fingerprint density at radius 1 is 1.17 bits per heavy atom. The molecule has 0 radical (unpaired) electrons. The first-order valence-electron chi connectivity index (χ1n) is 7.79. The van der Waals surface area contributed by atoms with Gasteiger partial charge in [-0.05, 0) is 6.07 Å². The van der Waals surface area contributed by atoms with Crippen molar-refractivity contribution in [3.8, 4) is 11.3 Å². The number of amides is 1. The van der Waals surface area contributed by atoms with Crippen LogP contribution in [0.4, 0.5) is 5.82 Å². The number of carbonyl (C=O) groups excluding carboxylic acids is 1. The highest BCUT2D eigenvalue weighted by atomic mass is 16.5. The molecule has 1 aromatic carbocycles. The maximum absolute atomic E-state index is 11.7. The summed E-state index contributed by atoms with van der Waals surface area (Å²) in [5.74, 6) is 0.367. The largest absolute Gasteiger partial charge is 0.378 e. The molecule has 1 aliphatic heterocycles. The molecule has 7 heteroatoms. The Balaban J connectivity index is 1.86. The van der Waals surface area contributed by atoms with Crippen molar-refractivity contribution >= 4 is 17.4 Å². The van der Waals surface area contributed by atoms with Crippen LogP contribution in [-0.4, -0.2) is 46.6 Å². The molecule has 0 bridgehead atoms. The molecule has 7 nitrogen and oxygen atoms in total. The summed E-state index contributed by atoms with van der Waals surface area (Å²) in [6.07, 6.45) is 5.35. The molecule has 122 valence electrons. The predicted molar refractivity (Wildman–Crippen MR) is 90.0 cm³/mol. The van der Waals surface area contributed by atoms with Crippen LogP contribution in [0.1, 0.15) is 10.4 Å². The number of hydrogen-bond donors (Lipinski definition) is 1. The normalized spacial score (nSPS) is 14.9. The lowest BCUT2D eigenvalue weighted by atomic mass is 10.0. The van der Waals surface area contributed by atoms with Gasteiger partial charge < -0.3 is 15.4 Å². The summed E-state index contributed by atoms with van der Waals surface area (Å²) in [5, 5.41) is 0. The number of ether oxygens (including phenoxy) is 1. The van der Waals surface area contributed by atoms with Crippen LogP contribution < -0.4 is 10.6 Å². The Kier molecular flexibility index (Phi) is 3.62. The van der Waals surface area contributed by atoms with Crippen molar-refractivity contribution in [1.29, 1.82) is 0 Å². The number of hydrogen-bond acceptors (Lipinski definition) is 5. The molecule has 0 unspecified atom stereocenters. The summed E-state index contributed by atoms with van der Waals surface area (Å²) in [6, 6.07) is 7.28. The molecule has 1 amide bonds. The smallest absolute Gasteiger partial charge is 0.249 e. The van der Waals surface area contributed by atoms with E-state index in [9.17, 15) is 4.79 Å². The fourth-order valence-corrected chi connectivity index (χ4v) is 3.02. The molecule has 2 N–H and O–H groups in total. The minimum absolute atomic E-state index is 0.456. The van der Waals surface area contributed by atoms with E-state index in [1.54, 1.807) is 24.5 Å². The molecule has 3 heterocycles. The van der Waals surface area contributed by atoms with E-state index in [1.807, 2.05) is 22.7 Å². The second-order valence-corrected chi connectivity index (χ2v) is 5.60. The molecule has 24 heavy (non-hydrogen) atoms. The van der Waals surface area contributed by atoms with Gasteiger partial charge in [-0.2, -0.15) is 0 Å². The number of aromatic nitrogens is 3. The zero-order valence-electron chi connectivity index (χ0n) is 13.1. The van der Waals surface area contributed by atoms with E-state index in [4.69, 9.17) is 10.5 Å². The number of fused-ring (bicyclic) bond motifs is 1. The topological polar surface area (TPSA) is 85.8 Å². The zero-order chi connectivity index (χ0) is 16.5. The van der Waals surface area contributed by atoms with E-state index < -0.39 is 5.91 Å². The van der Waals surface area contributed by atoms with Gasteiger partial charge in [0.05, 0.1) is 25.1 Å². The predicted octanol–water partition coefficient (Wildman–Crippen LogP) is 1.33. The van der Waals surface area contributed by atoms with E-state index in [0.717, 1.165) is 35.8 Å². The summed E-state index contributed by atoms with van der Waals surface area (Å²) in [4.78, 5) is 22.9. The third-order valence-corrected chi connectivity index (χ3v) is 4.19. The van der Waals surface area contributed by atoms with Crippen LogP contribution in [0.25, 0.3) is 16.9 Å². The Bertz CT molecular complexity index is 899. The first-order chi connectivity index (χ1) is 11.8. The number of nitrogens with two attached hydrogens (primary N) is 1. The van der Waals surface area contributed by atoms with Crippen LogP contribution in [0.2, 0.25) is 0 Å². The minimum Gasteiger partial charge on any atom is -0.378 e. The van der Waals surface area contributed by atoms with Gasteiger partial charge in [-0.25, -0.2) is 9.97 Å². The molecule has 3 aromatic rings. The summed E-state index contributed by atoms with van der Waals surface area (Å²) < 4.78 is 7.35. The molecular weight excluding hydrogens is 306 g/mol. The van der Waals surface area contributed by atoms with E-state index in [0.29, 0.717) is 18.8 Å². The van der Waals surface area contributed by atoms with Crippen molar-refractivity contribution in [3.05, 3.63) is 48.4 Å². The van der Waals surface area contributed by atoms with Gasteiger partial charge in [-0.15, -0.1) is 0 Å². The standard InChI is InChI=1S/C17H17N5O2/c18-15(23)13-4-2-1-3-12(13)14-11-20-17-16(19-5-6-22(14)17)21-7-9-24-10-8-21/h1-6,11H,7-10H2,(H2,18,23). The SMILES string of the molecule is NC(=O)c1ccccc1-c1cnc2c(N3CCOCC3)nccn12. The van der Waals surface area contributed by atoms with Gasteiger partial charge in [0.1, 0.15) is 0 Å². The lowest BCUT2D eigenvalue weighted by molar-refractivity contribution is 0.100. The number of primary amides is 1. The highest BCUT2D eigenvalue weighted by molar-refractivity contribution is 5.99. The van der Waals surface area contributed by atoms with Crippen LogP contribution in [0.3, 0.4) is 0 Å². The monoisotopic (exact) mass is 323 g/mol. The van der Waals surface area contributed by atoms with Gasteiger partial charge in [0.2, 0.25) is 5.91 Å². The van der Waals surface area contributed by atoms with Crippen LogP contribution in [-0.2, 0) is 4.74 Å². The van der Waals surface area contributed by atoms with E-state index in [2.05, 4.69) is 14.9 Å². The second-order valence-electron chi connectivity index (χ2n) is 5.60. The number of nitrogens with zero attached hydrogens (tertiary/aromatic N) is 4. The number of carbonyl (C=O) groups is 1. The van der Waals surface area contributed by atoms with Gasteiger partial charge in [0, 0.05) is 36.6 Å². The van der Waals surface area contributed by atoms with E-state index in [-0.39, 0.29) is 0 Å².